The van der Waals surface area contributed by atoms with Crippen LogP contribution in [-0.2, 0) is 0 Å². The molecule has 1 aromatic rings. The van der Waals surface area contributed by atoms with Crippen molar-refractivity contribution in [3.8, 4) is 5.75 Å². The molecule has 18 heavy (non-hydrogen) atoms. The summed E-state index contributed by atoms with van der Waals surface area (Å²) < 4.78 is 5.57. The summed E-state index contributed by atoms with van der Waals surface area (Å²) in [6, 6.07) is 7.27. The maximum atomic E-state index is 11.8. The second-order valence-electron chi connectivity index (χ2n) is 5.33. The second-order valence-corrected chi connectivity index (χ2v) is 5.33. The molecule has 0 aliphatic heterocycles. The lowest BCUT2D eigenvalue weighted by Gasteiger charge is -2.10. The molecule has 0 aliphatic rings. The van der Waals surface area contributed by atoms with Gasteiger partial charge in [0.1, 0.15) is 5.75 Å². The first-order chi connectivity index (χ1) is 8.49. The molecule has 0 saturated carbocycles. The number of carbonyl (C=O) groups excluding carboxylic acids is 1. The van der Waals surface area contributed by atoms with Gasteiger partial charge in [-0.1, -0.05) is 27.7 Å². The first kappa shape index (κ1) is 14.6. The van der Waals surface area contributed by atoms with E-state index in [1.807, 2.05) is 12.1 Å². The lowest BCUT2D eigenvalue weighted by molar-refractivity contribution is 0.0949. The van der Waals surface area contributed by atoms with Gasteiger partial charge in [-0.25, -0.2) is 0 Å². The summed E-state index contributed by atoms with van der Waals surface area (Å²) in [5.74, 6) is 1.74. The van der Waals surface area contributed by atoms with E-state index in [-0.39, 0.29) is 5.91 Å². The van der Waals surface area contributed by atoms with E-state index in [0.717, 1.165) is 5.75 Å². The van der Waals surface area contributed by atoms with Crippen LogP contribution in [0.2, 0.25) is 0 Å². The molecule has 0 heterocycles. The molecule has 0 bridgehead atoms. The lowest BCUT2D eigenvalue weighted by Crippen LogP contribution is -2.27. The van der Waals surface area contributed by atoms with Crippen LogP contribution in [-0.4, -0.2) is 19.1 Å². The average molecular weight is 249 g/mol. The van der Waals surface area contributed by atoms with Crippen LogP contribution in [0.3, 0.4) is 0 Å². The summed E-state index contributed by atoms with van der Waals surface area (Å²) in [6.45, 7) is 9.75. The van der Waals surface area contributed by atoms with E-state index in [2.05, 4.69) is 33.0 Å². The van der Waals surface area contributed by atoms with Crippen molar-refractivity contribution in [2.45, 2.75) is 27.7 Å². The topological polar surface area (TPSA) is 38.3 Å². The predicted molar refractivity (Wildman–Crippen MR) is 73.9 cm³/mol. The van der Waals surface area contributed by atoms with Crippen molar-refractivity contribution in [3.63, 3.8) is 0 Å². The highest BCUT2D eigenvalue weighted by atomic mass is 16.5. The zero-order valence-corrected chi connectivity index (χ0v) is 11.7. The number of hydrogen-bond donors (Lipinski definition) is 1. The second kappa shape index (κ2) is 7.04. The fourth-order valence-corrected chi connectivity index (χ4v) is 1.36. The van der Waals surface area contributed by atoms with Crippen molar-refractivity contribution in [2.75, 3.05) is 13.2 Å². The van der Waals surface area contributed by atoms with Crippen LogP contribution in [0.15, 0.2) is 24.3 Å². The summed E-state index contributed by atoms with van der Waals surface area (Å²) in [5, 5.41) is 2.89. The molecule has 0 fully saturated rings. The zero-order valence-electron chi connectivity index (χ0n) is 11.7. The van der Waals surface area contributed by atoms with Gasteiger partial charge >= 0.3 is 0 Å². The minimum atomic E-state index is -0.0286. The number of nitrogens with one attached hydrogen (secondary N) is 1. The molecular formula is C15H23NO2. The molecule has 1 amide bonds. The van der Waals surface area contributed by atoms with Crippen molar-refractivity contribution in [1.29, 1.82) is 0 Å². The Kier molecular flexibility index (Phi) is 5.69. The van der Waals surface area contributed by atoms with Gasteiger partial charge in [0.25, 0.3) is 5.91 Å². The van der Waals surface area contributed by atoms with Crippen LogP contribution in [0, 0.1) is 11.8 Å². The third-order valence-electron chi connectivity index (χ3n) is 2.37. The van der Waals surface area contributed by atoms with E-state index in [1.54, 1.807) is 12.1 Å². The first-order valence-corrected chi connectivity index (χ1v) is 6.50. The number of amides is 1. The molecule has 1 aromatic carbocycles. The molecule has 3 heteroatoms. The summed E-state index contributed by atoms with van der Waals surface area (Å²) in [6.07, 6.45) is 0. The van der Waals surface area contributed by atoms with Gasteiger partial charge in [0, 0.05) is 12.1 Å². The SMILES string of the molecule is CC(C)CNC(=O)c1ccc(OCC(C)C)cc1. The molecule has 100 valence electrons. The van der Waals surface area contributed by atoms with Crippen molar-refractivity contribution in [1.82, 2.24) is 5.32 Å². The average Bonchev–Trinajstić information content (AvgIpc) is 2.34. The van der Waals surface area contributed by atoms with Gasteiger partial charge in [-0.2, -0.15) is 0 Å². The van der Waals surface area contributed by atoms with E-state index in [0.29, 0.717) is 30.6 Å². The third-order valence-corrected chi connectivity index (χ3v) is 2.37. The molecule has 0 unspecified atom stereocenters. The quantitative estimate of drug-likeness (QED) is 0.841. The Morgan fingerprint density at radius 2 is 1.72 bits per heavy atom. The fraction of sp³-hybridized carbons (Fsp3) is 0.533. The van der Waals surface area contributed by atoms with Crippen molar-refractivity contribution in [2.24, 2.45) is 11.8 Å². The van der Waals surface area contributed by atoms with Crippen molar-refractivity contribution in [3.05, 3.63) is 29.8 Å². The van der Waals surface area contributed by atoms with E-state index in [1.165, 1.54) is 0 Å². The summed E-state index contributed by atoms with van der Waals surface area (Å²) in [4.78, 5) is 11.8. The molecule has 0 spiro atoms. The standard InChI is InChI=1S/C15H23NO2/c1-11(2)9-16-15(17)13-5-7-14(8-6-13)18-10-12(3)4/h5-8,11-12H,9-10H2,1-4H3,(H,16,17). The molecule has 1 N–H and O–H groups in total. The van der Waals surface area contributed by atoms with E-state index in [4.69, 9.17) is 4.74 Å². The fourth-order valence-electron chi connectivity index (χ4n) is 1.36. The number of benzene rings is 1. The van der Waals surface area contributed by atoms with Crippen LogP contribution in [0.5, 0.6) is 5.75 Å². The van der Waals surface area contributed by atoms with Crippen LogP contribution >= 0.6 is 0 Å². The number of carbonyl (C=O) groups is 1. The lowest BCUT2D eigenvalue weighted by atomic mass is 10.2. The highest BCUT2D eigenvalue weighted by molar-refractivity contribution is 5.94. The Morgan fingerprint density at radius 1 is 1.11 bits per heavy atom. The highest BCUT2D eigenvalue weighted by Crippen LogP contribution is 2.13. The molecule has 1 rings (SSSR count). The molecule has 0 aromatic heterocycles. The Morgan fingerprint density at radius 3 is 2.22 bits per heavy atom. The van der Waals surface area contributed by atoms with Crippen molar-refractivity contribution >= 4 is 5.91 Å². The molecular weight excluding hydrogens is 226 g/mol. The van der Waals surface area contributed by atoms with Gasteiger partial charge in [-0.05, 0) is 36.1 Å². The maximum absolute atomic E-state index is 11.8. The highest BCUT2D eigenvalue weighted by Gasteiger charge is 2.06. The Labute approximate surface area is 110 Å². The Balaban J connectivity index is 2.51. The monoisotopic (exact) mass is 249 g/mol. The van der Waals surface area contributed by atoms with Gasteiger partial charge < -0.3 is 10.1 Å². The summed E-state index contributed by atoms with van der Waals surface area (Å²) in [5.41, 5.74) is 0.674. The van der Waals surface area contributed by atoms with Gasteiger partial charge in [-0.3, -0.25) is 4.79 Å². The zero-order chi connectivity index (χ0) is 13.5. The van der Waals surface area contributed by atoms with Crippen LogP contribution in [0.25, 0.3) is 0 Å². The van der Waals surface area contributed by atoms with Gasteiger partial charge in [0.15, 0.2) is 0 Å². The van der Waals surface area contributed by atoms with Gasteiger partial charge in [0.2, 0.25) is 0 Å². The van der Waals surface area contributed by atoms with Crippen LogP contribution < -0.4 is 10.1 Å². The minimum Gasteiger partial charge on any atom is -0.493 e. The number of hydrogen-bond acceptors (Lipinski definition) is 2. The Hall–Kier alpha value is -1.51. The summed E-state index contributed by atoms with van der Waals surface area (Å²) in [7, 11) is 0. The summed E-state index contributed by atoms with van der Waals surface area (Å²) >= 11 is 0. The Bertz CT molecular complexity index is 369. The smallest absolute Gasteiger partial charge is 0.251 e. The molecule has 0 saturated heterocycles. The van der Waals surface area contributed by atoms with Crippen LogP contribution in [0.4, 0.5) is 0 Å². The number of rotatable bonds is 6. The molecule has 0 atom stereocenters. The molecule has 3 nitrogen and oxygen atoms in total. The molecule has 0 radical (unpaired) electrons. The van der Waals surface area contributed by atoms with Gasteiger partial charge in [-0.15, -0.1) is 0 Å². The predicted octanol–water partition coefficient (Wildman–Crippen LogP) is 3.11. The largest absolute Gasteiger partial charge is 0.493 e. The van der Waals surface area contributed by atoms with E-state index >= 15 is 0 Å². The van der Waals surface area contributed by atoms with Crippen LogP contribution in [0.1, 0.15) is 38.1 Å². The van der Waals surface area contributed by atoms with E-state index < -0.39 is 0 Å². The minimum absolute atomic E-state index is 0.0286. The van der Waals surface area contributed by atoms with E-state index in [9.17, 15) is 4.79 Å². The van der Waals surface area contributed by atoms with Gasteiger partial charge in [0.05, 0.1) is 6.61 Å². The normalized spacial score (nSPS) is 10.8. The first-order valence-electron chi connectivity index (χ1n) is 6.50. The maximum Gasteiger partial charge on any atom is 0.251 e. The third kappa shape index (κ3) is 5.21. The molecule has 0 aliphatic carbocycles. The van der Waals surface area contributed by atoms with Crippen molar-refractivity contribution < 1.29 is 9.53 Å². The number of ether oxygens (including phenoxy) is 1.